The van der Waals surface area contributed by atoms with E-state index in [0.717, 1.165) is 0 Å². The molecule has 0 saturated carbocycles. The fraction of sp³-hybridized carbons (Fsp3) is 0.543. The number of esters is 6. The van der Waals surface area contributed by atoms with E-state index in [9.17, 15) is 74.8 Å². The van der Waals surface area contributed by atoms with Crippen LogP contribution in [-0.4, -0.2) is 201 Å². The van der Waals surface area contributed by atoms with Crippen LogP contribution < -0.4 is 30.7 Å². The number of nitrogens with two attached hydrogens (primary N) is 2. The molecule has 0 unspecified atom stereocenters. The number of fused-ring (bicyclic) bond motifs is 2. The van der Waals surface area contributed by atoms with Crippen molar-refractivity contribution in [3.63, 3.8) is 0 Å². The number of carbonyl (C=O) groups is 6. The summed E-state index contributed by atoms with van der Waals surface area (Å²) in [6.45, 7) is 5.45. The molecule has 10 rings (SSSR count). The second kappa shape index (κ2) is 37.8. The largest absolute Gasteiger partial charge is 0.464 e. The Kier molecular flexibility index (Phi) is 29.2. The van der Waals surface area contributed by atoms with Crippen LogP contribution in [0.3, 0.4) is 0 Å². The van der Waals surface area contributed by atoms with Crippen LogP contribution in [0, 0.1) is 34.5 Å². The number of alkyl halides is 6. The molecular weight excluding hydrogens is 1530 g/mol. The summed E-state index contributed by atoms with van der Waals surface area (Å²) in [5.41, 5.74) is 8.65. The molecule has 0 spiro atoms. The summed E-state index contributed by atoms with van der Waals surface area (Å²) in [7, 11) is -9.35. The molecule has 0 aliphatic carbocycles. The van der Waals surface area contributed by atoms with E-state index in [2.05, 4.69) is 30.3 Å². The van der Waals surface area contributed by atoms with Crippen LogP contribution in [-0.2, 0) is 84.8 Å². The Morgan fingerprint density at radius 2 is 0.893 bits per heavy atom. The van der Waals surface area contributed by atoms with E-state index in [1.807, 2.05) is 12.1 Å². The molecule has 4 aliphatic rings. The molecule has 112 heavy (non-hydrogen) atoms. The number of hydrogen-bond donors (Lipinski definition) is 4. The highest BCUT2D eigenvalue weighted by Gasteiger charge is 2.64. The van der Waals surface area contributed by atoms with E-state index in [1.165, 1.54) is 97.3 Å². The van der Waals surface area contributed by atoms with Crippen LogP contribution >= 0.6 is 15.5 Å². The number of likely N-dealkylation sites (tertiary alicyclic amines) is 2. The molecule has 8 heterocycles. The predicted octanol–water partition coefficient (Wildman–Crippen LogP) is 8.58. The van der Waals surface area contributed by atoms with Crippen molar-refractivity contribution in [2.24, 2.45) is 11.8 Å². The number of nitrogens with one attached hydrogen (secondary N) is 2. The summed E-state index contributed by atoms with van der Waals surface area (Å²) in [5.74, 6) is -4.80. The number of nitriles is 2. The van der Waals surface area contributed by atoms with Crippen LogP contribution in [0.1, 0.15) is 117 Å². The summed E-state index contributed by atoms with van der Waals surface area (Å²) in [6, 6.07) is 23.1. The number of benzene rings is 2. The van der Waals surface area contributed by atoms with Crippen molar-refractivity contribution in [3.8, 4) is 23.6 Å². The molecule has 34 nitrogen and oxygen atoms in total. The molecule has 608 valence electrons. The lowest BCUT2D eigenvalue weighted by Gasteiger charge is -2.32. The summed E-state index contributed by atoms with van der Waals surface area (Å²) >= 11 is 0. The summed E-state index contributed by atoms with van der Waals surface area (Å²) in [4.78, 5) is 88.0. The number of nitrogens with zero attached hydrogens (tertiary/aromatic N) is 10. The lowest BCUT2D eigenvalue weighted by Crippen LogP contribution is -2.49. The maximum atomic E-state index is 14.5. The third-order valence-electron chi connectivity index (χ3n) is 18.4. The molecule has 4 aliphatic heterocycles. The van der Waals surface area contributed by atoms with Crippen molar-refractivity contribution in [3.05, 3.63) is 109 Å². The van der Waals surface area contributed by atoms with Crippen molar-refractivity contribution in [1.29, 1.82) is 10.5 Å². The molecule has 2 aromatic carbocycles. The number of ether oxygens (including phenoxy) is 8. The number of halogens is 6. The number of hydrogen-bond acceptors (Lipinski definition) is 30. The van der Waals surface area contributed by atoms with Gasteiger partial charge in [-0.15, -0.1) is 0 Å². The van der Waals surface area contributed by atoms with Crippen LogP contribution in [0.2, 0.25) is 0 Å². The predicted molar refractivity (Wildman–Crippen MR) is 379 cm³/mol. The summed E-state index contributed by atoms with van der Waals surface area (Å²) in [6.07, 6.45) is -14.1. The highest BCUT2D eigenvalue weighted by molar-refractivity contribution is 7.52. The second-order valence-corrected chi connectivity index (χ2v) is 30.0. The molecule has 0 bridgehead atoms. The minimum atomic E-state index is -4.68. The lowest BCUT2D eigenvalue weighted by molar-refractivity contribution is -0.169. The number of para-hydroxylation sites is 2. The van der Waals surface area contributed by atoms with Gasteiger partial charge in [0.25, 0.3) is 0 Å². The third-order valence-corrected chi connectivity index (χ3v) is 21.6. The van der Waals surface area contributed by atoms with E-state index in [-0.39, 0.29) is 111 Å². The zero-order valence-electron chi connectivity index (χ0n) is 61.7. The maximum Gasteiger partial charge on any atom is 0.459 e. The SMILES string of the molecule is CCC(=O)O[C@H]1[C@H](c2ccc3c(N)ncnn23)O[C@](C#N)(CO[P@@](=O)(N[C@@H](C)C(=O)OCC2CCN(CC(F)(F)F)CC2)Oc2ccccc2)[C@H]1OC(=O)CC.CCC(=O)O[C@H]1[C@H](c2ccc3c(N)ncnn23)O[C@](C#N)(CO[P@](=O)(N[C@@H](C)C(=O)OCC2CCN(CC(F)(F)F)CC2)Oc2ccccc2)[C@H]1OC(=O)CC. The van der Waals surface area contributed by atoms with Gasteiger partial charge in [0, 0.05) is 25.7 Å². The zero-order valence-corrected chi connectivity index (χ0v) is 63.5. The maximum absolute atomic E-state index is 14.5. The lowest BCUT2D eigenvalue weighted by atomic mass is 9.95. The standard InChI is InChI=1S/2C35H43F3N7O10P/c2*1-4-27(46)52-30-29(25-11-12-26-32(40)41-21-42-45(25)26)54-34(18-39,31(30)53-28(47)5-2)20-51-56(49,55-24-9-7-6-8-10-24)43-22(3)33(48)50-17-23-13-15-44(16-14-23)19-35(36,37)38/h2*6-12,21-23,29-31H,4-5,13-17,19-20H2,1-3H3,(H,43,49)(H2,40,41,42)/t22-,29-,30-,31-,34+,56+;22-,29-,30-,31-,34+,56-/m00/s1. The van der Waals surface area contributed by atoms with Crippen molar-refractivity contribution >= 4 is 74.0 Å². The van der Waals surface area contributed by atoms with Gasteiger partial charge < -0.3 is 58.4 Å². The molecule has 42 heteroatoms. The van der Waals surface area contributed by atoms with E-state index in [1.54, 1.807) is 60.7 Å². The molecule has 0 radical (unpaired) electrons. The monoisotopic (exact) mass is 1620 g/mol. The molecule has 4 saturated heterocycles. The molecule has 12 atom stereocenters. The molecule has 6 aromatic rings. The average molecular weight is 1620 g/mol. The highest BCUT2D eigenvalue weighted by Crippen LogP contribution is 2.52. The fourth-order valence-electron chi connectivity index (χ4n) is 12.5. The first-order valence-electron chi connectivity index (χ1n) is 35.8. The number of rotatable bonds is 32. The van der Waals surface area contributed by atoms with E-state index in [4.69, 9.17) is 67.5 Å². The average Bonchev–Trinajstić information content (AvgIpc) is 1.59. The second-order valence-electron chi connectivity index (χ2n) is 26.6. The smallest absolute Gasteiger partial charge is 0.459 e. The minimum Gasteiger partial charge on any atom is -0.464 e. The van der Waals surface area contributed by atoms with E-state index in [0.29, 0.717) is 36.7 Å². The molecule has 0 amide bonds. The Morgan fingerprint density at radius 3 is 1.21 bits per heavy atom. The number of carbonyl (C=O) groups excluding carboxylic acids is 6. The van der Waals surface area contributed by atoms with Gasteiger partial charge in [-0.3, -0.25) is 47.6 Å². The Bertz CT molecular complexity index is 4150. The normalized spacial score (nSPS) is 23.5. The fourth-order valence-corrected chi connectivity index (χ4v) is 15.6. The minimum absolute atomic E-state index is 0.0476. The van der Waals surface area contributed by atoms with Gasteiger partial charge in [-0.2, -0.15) is 57.2 Å². The first-order valence-corrected chi connectivity index (χ1v) is 38.8. The van der Waals surface area contributed by atoms with Gasteiger partial charge in [0.1, 0.15) is 84.8 Å². The van der Waals surface area contributed by atoms with Gasteiger partial charge in [-0.1, -0.05) is 64.1 Å². The van der Waals surface area contributed by atoms with E-state index >= 15 is 0 Å². The van der Waals surface area contributed by atoms with Crippen molar-refractivity contribution < 1.29 is 120 Å². The number of anilines is 2. The number of aromatic nitrogens is 6. The highest BCUT2D eigenvalue weighted by atomic mass is 31.2. The summed E-state index contributed by atoms with van der Waals surface area (Å²) < 4.78 is 178. The number of piperidine rings is 2. The van der Waals surface area contributed by atoms with Crippen molar-refractivity contribution in [2.75, 3.05) is 77.2 Å². The summed E-state index contributed by atoms with van der Waals surface area (Å²) in [5, 5.41) is 35.0. The van der Waals surface area contributed by atoms with Gasteiger partial charge in [0.2, 0.25) is 11.2 Å². The Morgan fingerprint density at radius 1 is 0.554 bits per heavy atom. The molecular formula is C70H86F6N14O20P2. The van der Waals surface area contributed by atoms with Crippen LogP contribution in [0.25, 0.3) is 11.0 Å². The number of nitrogen functional groups attached to an aromatic ring is 2. The van der Waals surface area contributed by atoms with Gasteiger partial charge in [-0.25, -0.2) is 28.1 Å². The quantitative estimate of drug-likeness (QED) is 0.0133. The topological polar surface area (TPSA) is 438 Å². The first kappa shape index (κ1) is 86.4. The zero-order chi connectivity index (χ0) is 81.3. The van der Waals surface area contributed by atoms with Crippen LogP contribution in [0.4, 0.5) is 38.0 Å². The van der Waals surface area contributed by atoms with Crippen LogP contribution in [0.15, 0.2) is 97.6 Å². The van der Waals surface area contributed by atoms with Crippen molar-refractivity contribution in [1.82, 2.24) is 49.2 Å². The Balaban J connectivity index is 0.000000257. The van der Waals surface area contributed by atoms with Gasteiger partial charge >= 0.3 is 63.7 Å². The third kappa shape index (κ3) is 22.4. The molecule has 4 fully saturated rings. The molecule has 4 aromatic heterocycles. The van der Waals surface area contributed by atoms with Gasteiger partial charge in [0.15, 0.2) is 36.1 Å². The van der Waals surface area contributed by atoms with Crippen molar-refractivity contribution in [2.45, 2.75) is 165 Å². The molecule has 6 N–H and O–H groups in total. The van der Waals surface area contributed by atoms with E-state index < -0.39 is 150 Å². The Hall–Kier alpha value is -9.60. The first-order chi connectivity index (χ1) is 53.2. The Labute approximate surface area is 638 Å². The van der Waals surface area contributed by atoms with Gasteiger partial charge in [0.05, 0.1) is 37.7 Å². The van der Waals surface area contributed by atoms with Crippen LogP contribution in [0.5, 0.6) is 11.5 Å². The van der Waals surface area contributed by atoms with Gasteiger partial charge in [-0.05, 0) is 126 Å².